The van der Waals surface area contributed by atoms with Gasteiger partial charge in [-0.3, -0.25) is 0 Å². The lowest BCUT2D eigenvalue weighted by molar-refractivity contribution is 0.475. The second-order valence-corrected chi connectivity index (χ2v) is 5.19. The molecule has 1 aromatic heterocycles. The van der Waals surface area contributed by atoms with Gasteiger partial charge in [0.1, 0.15) is 5.75 Å². The molecule has 0 radical (unpaired) electrons. The first-order valence-corrected chi connectivity index (χ1v) is 7.26. The van der Waals surface area contributed by atoms with Gasteiger partial charge < -0.3 is 10.1 Å². The van der Waals surface area contributed by atoms with Gasteiger partial charge in [0.2, 0.25) is 5.95 Å². The van der Waals surface area contributed by atoms with E-state index in [2.05, 4.69) is 20.5 Å². The Morgan fingerprint density at radius 1 is 1.00 bits per heavy atom. The van der Waals surface area contributed by atoms with Crippen molar-refractivity contribution in [2.75, 3.05) is 5.43 Å². The molecule has 0 fully saturated rings. The number of aromatic amines is 1. The van der Waals surface area contributed by atoms with Crippen molar-refractivity contribution < 1.29 is 5.11 Å². The number of H-pyrrole nitrogens is 1. The fourth-order valence-electron chi connectivity index (χ4n) is 2.58. The van der Waals surface area contributed by atoms with E-state index >= 15 is 0 Å². The molecule has 4 rings (SSSR count). The van der Waals surface area contributed by atoms with Crippen molar-refractivity contribution in [1.29, 1.82) is 0 Å². The van der Waals surface area contributed by atoms with E-state index in [1.807, 2.05) is 54.6 Å². The largest absolute Gasteiger partial charge is 0.507 e. The number of hydrazone groups is 1. The van der Waals surface area contributed by atoms with Crippen molar-refractivity contribution in [1.82, 2.24) is 9.97 Å². The van der Waals surface area contributed by atoms with Crippen LogP contribution in [0.4, 0.5) is 5.95 Å². The van der Waals surface area contributed by atoms with Gasteiger partial charge in [-0.2, -0.15) is 5.10 Å². The van der Waals surface area contributed by atoms with Crippen molar-refractivity contribution in [3.05, 3.63) is 66.2 Å². The number of imidazole rings is 1. The third kappa shape index (κ3) is 2.48. The van der Waals surface area contributed by atoms with Crippen LogP contribution in [0.25, 0.3) is 21.8 Å². The molecule has 0 amide bonds. The maximum Gasteiger partial charge on any atom is 0.222 e. The van der Waals surface area contributed by atoms with Crippen molar-refractivity contribution in [3.8, 4) is 5.75 Å². The molecule has 1 heterocycles. The van der Waals surface area contributed by atoms with Gasteiger partial charge in [0.15, 0.2) is 0 Å². The standard InChI is InChI=1S/C18H14N4O/c23-17-10-9-12-5-1-2-6-13(12)14(17)11-19-22-18-20-15-7-3-4-8-16(15)21-18/h1-11,23H,(H2,20,21,22)/b19-11-. The van der Waals surface area contributed by atoms with E-state index in [1.165, 1.54) is 0 Å². The maximum atomic E-state index is 10.1. The molecule has 5 nitrogen and oxygen atoms in total. The molecule has 0 spiro atoms. The molecule has 112 valence electrons. The molecule has 0 saturated carbocycles. The Balaban J connectivity index is 1.65. The van der Waals surface area contributed by atoms with E-state index in [-0.39, 0.29) is 5.75 Å². The zero-order valence-electron chi connectivity index (χ0n) is 12.2. The Morgan fingerprint density at radius 2 is 1.83 bits per heavy atom. The molecule has 0 saturated heterocycles. The summed E-state index contributed by atoms with van der Waals surface area (Å²) in [6, 6.07) is 19.2. The number of nitrogens with zero attached hydrogens (tertiary/aromatic N) is 2. The van der Waals surface area contributed by atoms with E-state index in [4.69, 9.17) is 0 Å². The lowest BCUT2D eigenvalue weighted by atomic mass is 10.0. The number of hydrogen-bond donors (Lipinski definition) is 3. The van der Waals surface area contributed by atoms with Gasteiger partial charge in [0.05, 0.1) is 17.2 Å². The topological polar surface area (TPSA) is 73.3 Å². The molecule has 0 aliphatic heterocycles. The van der Waals surface area contributed by atoms with E-state index in [0.717, 1.165) is 21.8 Å². The average molecular weight is 302 g/mol. The number of rotatable bonds is 3. The highest BCUT2D eigenvalue weighted by atomic mass is 16.3. The Bertz CT molecular complexity index is 987. The molecule has 3 aromatic carbocycles. The summed E-state index contributed by atoms with van der Waals surface area (Å²) in [5.74, 6) is 0.751. The monoisotopic (exact) mass is 302 g/mol. The molecule has 0 aliphatic rings. The minimum atomic E-state index is 0.193. The number of phenolic OH excluding ortho intramolecular Hbond substituents is 1. The Morgan fingerprint density at radius 3 is 2.74 bits per heavy atom. The van der Waals surface area contributed by atoms with Crippen molar-refractivity contribution in [3.63, 3.8) is 0 Å². The zero-order chi connectivity index (χ0) is 15.6. The number of para-hydroxylation sites is 2. The smallest absolute Gasteiger partial charge is 0.222 e. The van der Waals surface area contributed by atoms with Crippen LogP contribution in [0.5, 0.6) is 5.75 Å². The summed E-state index contributed by atoms with van der Waals surface area (Å²) in [5, 5.41) is 16.3. The predicted molar refractivity (Wildman–Crippen MR) is 92.9 cm³/mol. The third-order valence-electron chi connectivity index (χ3n) is 3.70. The number of nitrogens with one attached hydrogen (secondary N) is 2. The van der Waals surface area contributed by atoms with Gasteiger partial charge in [0, 0.05) is 5.56 Å². The van der Waals surface area contributed by atoms with Crippen LogP contribution >= 0.6 is 0 Å². The van der Waals surface area contributed by atoms with Gasteiger partial charge in [0.25, 0.3) is 0 Å². The summed E-state index contributed by atoms with van der Waals surface area (Å²) >= 11 is 0. The first kappa shape index (κ1) is 13.3. The number of phenols is 1. The lowest BCUT2D eigenvalue weighted by Gasteiger charge is -2.04. The molecule has 5 heteroatoms. The first-order chi connectivity index (χ1) is 11.3. The van der Waals surface area contributed by atoms with Crippen LogP contribution in [0.3, 0.4) is 0 Å². The second kappa shape index (κ2) is 5.46. The van der Waals surface area contributed by atoms with Crippen LogP contribution in [-0.2, 0) is 0 Å². The van der Waals surface area contributed by atoms with Crippen LogP contribution in [-0.4, -0.2) is 21.3 Å². The van der Waals surface area contributed by atoms with Gasteiger partial charge in [-0.25, -0.2) is 10.4 Å². The summed E-state index contributed by atoms with van der Waals surface area (Å²) in [6.07, 6.45) is 1.60. The van der Waals surface area contributed by atoms with E-state index in [1.54, 1.807) is 12.3 Å². The molecule has 0 bridgehead atoms. The third-order valence-corrected chi connectivity index (χ3v) is 3.70. The van der Waals surface area contributed by atoms with Crippen molar-refractivity contribution >= 4 is 34.0 Å². The second-order valence-electron chi connectivity index (χ2n) is 5.19. The van der Waals surface area contributed by atoms with E-state index < -0.39 is 0 Å². The Labute approximate surface area is 132 Å². The Hall–Kier alpha value is -3.34. The van der Waals surface area contributed by atoms with Crippen molar-refractivity contribution in [2.24, 2.45) is 5.10 Å². The quantitative estimate of drug-likeness (QED) is 0.397. The number of fused-ring (bicyclic) bond motifs is 2. The number of anilines is 1. The fourth-order valence-corrected chi connectivity index (χ4v) is 2.58. The normalized spacial score (nSPS) is 11.5. The highest BCUT2D eigenvalue weighted by Gasteiger charge is 2.04. The molecular weight excluding hydrogens is 288 g/mol. The Kier molecular flexibility index (Phi) is 3.16. The summed E-state index contributed by atoms with van der Waals surface area (Å²) in [7, 11) is 0. The average Bonchev–Trinajstić information content (AvgIpc) is 2.99. The minimum absolute atomic E-state index is 0.193. The maximum absolute atomic E-state index is 10.1. The van der Waals surface area contributed by atoms with Gasteiger partial charge in [-0.15, -0.1) is 0 Å². The first-order valence-electron chi connectivity index (χ1n) is 7.26. The van der Waals surface area contributed by atoms with Crippen LogP contribution in [0.2, 0.25) is 0 Å². The summed E-state index contributed by atoms with van der Waals surface area (Å²) in [6.45, 7) is 0. The summed E-state index contributed by atoms with van der Waals surface area (Å²) in [4.78, 5) is 7.52. The molecular formula is C18H14N4O. The molecule has 0 atom stereocenters. The van der Waals surface area contributed by atoms with Gasteiger partial charge in [-0.05, 0) is 29.0 Å². The highest BCUT2D eigenvalue weighted by molar-refractivity contribution is 6.02. The van der Waals surface area contributed by atoms with Crippen LogP contribution in [0.15, 0.2) is 65.8 Å². The molecule has 3 N–H and O–H groups in total. The van der Waals surface area contributed by atoms with Crippen LogP contribution < -0.4 is 5.43 Å². The molecule has 0 unspecified atom stereocenters. The zero-order valence-corrected chi connectivity index (χ0v) is 12.2. The fraction of sp³-hybridized carbons (Fsp3) is 0. The number of benzene rings is 3. The number of aromatic nitrogens is 2. The lowest BCUT2D eigenvalue weighted by Crippen LogP contribution is -1.93. The molecule has 0 aliphatic carbocycles. The SMILES string of the molecule is Oc1ccc2ccccc2c1/C=N\Nc1nc2ccccc2[nH]1. The van der Waals surface area contributed by atoms with Gasteiger partial charge in [-0.1, -0.05) is 42.5 Å². The number of hydrogen-bond acceptors (Lipinski definition) is 4. The molecule has 23 heavy (non-hydrogen) atoms. The summed E-state index contributed by atoms with van der Waals surface area (Å²) < 4.78 is 0. The van der Waals surface area contributed by atoms with Crippen molar-refractivity contribution in [2.45, 2.75) is 0 Å². The van der Waals surface area contributed by atoms with E-state index in [0.29, 0.717) is 11.5 Å². The predicted octanol–water partition coefficient (Wildman–Crippen LogP) is 3.87. The van der Waals surface area contributed by atoms with Gasteiger partial charge >= 0.3 is 0 Å². The number of aromatic hydroxyl groups is 1. The molecule has 4 aromatic rings. The highest BCUT2D eigenvalue weighted by Crippen LogP contribution is 2.25. The van der Waals surface area contributed by atoms with E-state index in [9.17, 15) is 5.11 Å². The van der Waals surface area contributed by atoms with Crippen LogP contribution in [0.1, 0.15) is 5.56 Å². The van der Waals surface area contributed by atoms with Crippen LogP contribution in [0, 0.1) is 0 Å². The summed E-state index contributed by atoms with van der Waals surface area (Å²) in [5.41, 5.74) is 5.36. The minimum Gasteiger partial charge on any atom is -0.507 e.